The Morgan fingerprint density at radius 3 is 2.38 bits per heavy atom. The fourth-order valence-corrected chi connectivity index (χ4v) is 4.14. The molecule has 0 spiro atoms. The molecule has 3 aromatic rings. The van der Waals surface area contributed by atoms with Crippen LogP contribution in [-0.2, 0) is 15.7 Å². The number of esters is 1. The first-order valence-corrected chi connectivity index (χ1v) is 11.5. The van der Waals surface area contributed by atoms with Crippen LogP contribution in [0.4, 0.5) is 22.0 Å². The van der Waals surface area contributed by atoms with Crippen molar-refractivity contribution < 1.29 is 31.5 Å². The molecule has 1 aromatic heterocycles. The molecule has 2 aromatic carbocycles. The Kier molecular flexibility index (Phi) is 6.54. The Morgan fingerprint density at radius 1 is 0.923 bits per heavy atom. The molecule has 2 aliphatic heterocycles. The number of carbonyl (C=O) groups excluding carboxylic acids is 1. The predicted octanol–water partition coefficient (Wildman–Crippen LogP) is 5.87. The Labute approximate surface area is 218 Å². The van der Waals surface area contributed by atoms with Crippen molar-refractivity contribution in [3.63, 3.8) is 0 Å². The number of pyridine rings is 1. The third kappa shape index (κ3) is 4.92. The van der Waals surface area contributed by atoms with Gasteiger partial charge in [-0.2, -0.15) is 23.4 Å². The lowest BCUT2D eigenvalue weighted by molar-refractivity contribution is -0.143. The molecule has 0 amide bonds. The molecule has 3 heterocycles. The van der Waals surface area contributed by atoms with Crippen LogP contribution in [0.15, 0.2) is 67.0 Å². The minimum absolute atomic E-state index is 0.0289. The van der Waals surface area contributed by atoms with E-state index in [4.69, 9.17) is 4.74 Å². The molecular formula is C27H18F5N5O2. The van der Waals surface area contributed by atoms with Crippen molar-refractivity contribution >= 4 is 5.97 Å². The molecule has 198 valence electrons. The summed E-state index contributed by atoms with van der Waals surface area (Å²) in [5.41, 5.74) is -0.0112. The Hall–Kier alpha value is -4.74. The number of aryl methyl sites for hydroxylation is 1. The molecule has 39 heavy (non-hydrogen) atoms. The number of rotatable bonds is 5. The van der Waals surface area contributed by atoms with Crippen molar-refractivity contribution in [1.29, 1.82) is 0 Å². The number of nitrogens with zero attached hydrogens (tertiary/aromatic N) is 5. The number of carbonyl (C=O) groups is 1. The second kappa shape index (κ2) is 9.86. The Morgan fingerprint density at radius 2 is 1.69 bits per heavy atom. The topological polar surface area (TPSA) is 82.8 Å². The van der Waals surface area contributed by atoms with E-state index < -0.39 is 35.4 Å². The smallest absolute Gasteiger partial charge is 0.417 e. The van der Waals surface area contributed by atoms with Crippen LogP contribution in [0.5, 0.6) is 0 Å². The van der Waals surface area contributed by atoms with E-state index in [-0.39, 0.29) is 34.0 Å². The molecule has 1 atom stereocenters. The quantitative estimate of drug-likeness (QED) is 0.205. The molecule has 0 fully saturated rings. The van der Waals surface area contributed by atoms with E-state index >= 15 is 0 Å². The summed E-state index contributed by atoms with van der Waals surface area (Å²) in [7, 11) is 1.17. The molecule has 2 aliphatic rings. The maximum absolute atomic E-state index is 14.3. The van der Waals surface area contributed by atoms with Crippen LogP contribution in [-0.4, -0.2) is 37.8 Å². The number of hydrogen-bond acceptors (Lipinski definition) is 6. The zero-order chi connectivity index (χ0) is 27.9. The van der Waals surface area contributed by atoms with Gasteiger partial charge in [0.25, 0.3) is 0 Å². The van der Waals surface area contributed by atoms with Crippen LogP contribution < -0.4 is 0 Å². The number of halogens is 5. The Bertz CT molecular complexity index is 1650. The second-order valence-electron chi connectivity index (χ2n) is 8.63. The van der Waals surface area contributed by atoms with Gasteiger partial charge in [0.1, 0.15) is 5.69 Å². The third-order valence-electron chi connectivity index (χ3n) is 6.03. The SMILES string of the molecule is COC(=O)C(c1ccc(-c2ccc(C)cc2C(F)(F)F)nn1)n1ccc2nc(-c3cccc(F)c3F)nc-2c1. The van der Waals surface area contributed by atoms with Gasteiger partial charge in [-0.1, -0.05) is 23.8 Å². The average molecular weight is 539 g/mol. The normalized spacial score (nSPS) is 12.5. The van der Waals surface area contributed by atoms with Crippen LogP contribution in [0.25, 0.3) is 34.0 Å². The number of benzene rings is 2. The number of aromatic nitrogens is 5. The number of ether oxygens (including phenoxy) is 1. The highest BCUT2D eigenvalue weighted by atomic mass is 19.4. The maximum Gasteiger partial charge on any atom is 0.417 e. The minimum atomic E-state index is -4.60. The van der Waals surface area contributed by atoms with Crippen molar-refractivity contribution in [3.8, 4) is 34.0 Å². The van der Waals surface area contributed by atoms with Gasteiger partial charge in [0, 0.05) is 18.0 Å². The molecule has 7 nitrogen and oxygen atoms in total. The first-order chi connectivity index (χ1) is 18.6. The van der Waals surface area contributed by atoms with Gasteiger partial charge in [-0.3, -0.25) is 0 Å². The number of methoxy groups -OCH3 is 1. The first-order valence-electron chi connectivity index (χ1n) is 11.5. The largest absolute Gasteiger partial charge is 0.467 e. The van der Waals surface area contributed by atoms with Gasteiger partial charge in [-0.15, -0.1) is 0 Å². The number of fused-ring (bicyclic) bond motifs is 1. The van der Waals surface area contributed by atoms with E-state index in [2.05, 4.69) is 20.2 Å². The van der Waals surface area contributed by atoms with Gasteiger partial charge in [0.2, 0.25) is 0 Å². The first kappa shape index (κ1) is 25.9. The van der Waals surface area contributed by atoms with Crippen molar-refractivity contribution in [2.75, 3.05) is 7.11 Å². The Balaban J connectivity index is 1.53. The van der Waals surface area contributed by atoms with Gasteiger partial charge >= 0.3 is 12.1 Å². The van der Waals surface area contributed by atoms with Gasteiger partial charge in [0.15, 0.2) is 23.5 Å². The molecule has 0 aliphatic carbocycles. The van der Waals surface area contributed by atoms with Crippen LogP contribution in [0.3, 0.4) is 0 Å². The van der Waals surface area contributed by atoms with E-state index in [0.717, 1.165) is 12.1 Å². The molecule has 0 saturated heterocycles. The predicted molar refractivity (Wildman–Crippen MR) is 129 cm³/mol. The highest BCUT2D eigenvalue weighted by Crippen LogP contribution is 2.37. The molecule has 0 saturated carbocycles. The van der Waals surface area contributed by atoms with Crippen molar-refractivity contribution in [2.24, 2.45) is 0 Å². The van der Waals surface area contributed by atoms with E-state index in [9.17, 15) is 26.7 Å². The maximum atomic E-state index is 14.3. The summed E-state index contributed by atoms with van der Waals surface area (Å²) in [6.07, 6.45) is -1.67. The number of hydrogen-bond donors (Lipinski definition) is 0. The summed E-state index contributed by atoms with van der Waals surface area (Å²) in [4.78, 5) is 21.3. The fourth-order valence-electron chi connectivity index (χ4n) is 4.14. The summed E-state index contributed by atoms with van der Waals surface area (Å²) in [6, 6.07) is 10.6. The monoisotopic (exact) mass is 539 g/mol. The van der Waals surface area contributed by atoms with Crippen LogP contribution in [0, 0.1) is 18.6 Å². The second-order valence-corrected chi connectivity index (χ2v) is 8.63. The van der Waals surface area contributed by atoms with Gasteiger partial charge in [0.05, 0.1) is 35.3 Å². The summed E-state index contributed by atoms with van der Waals surface area (Å²) < 4.78 is 75.1. The van der Waals surface area contributed by atoms with Crippen LogP contribution >= 0.6 is 0 Å². The zero-order valence-corrected chi connectivity index (χ0v) is 20.4. The average Bonchev–Trinajstić information content (AvgIpc) is 3.33. The lowest BCUT2D eigenvalue weighted by atomic mass is 10.0. The van der Waals surface area contributed by atoms with E-state index in [1.807, 2.05) is 0 Å². The van der Waals surface area contributed by atoms with Crippen molar-refractivity contribution in [1.82, 2.24) is 24.7 Å². The highest BCUT2D eigenvalue weighted by Gasteiger charge is 2.34. The lowest BCUT2D eigenvalue weighted by Crippen LogP contribution is -2.23. The van der Waals surface area contributed by atoms with Crippen LogP contribution in [0.2, 0.25) is 0 Å². The van der Waals surface area contributed by atoms with E-state index in [0.29, 0.717) is 11.3 Å². The van der Waals surface area contributed by atoms with Gasteiger partial charge in [-0.05, 0) is 43.3 Å². The molecular weight excluding hydrogens is 521 g/mol. The third-order valence-corrected chi connectivity index (χ3v) is 6.03. The summed E-state index contributed by atoms with van der Waals surface area (Å²) in [5.74, 6) is -2.91. The minimum Gasteiger partial charge on any atom is -0.467 e. The van der Waals surface area contributed by atoms with Gasteiger partial charge in [-0.25, -0.2) is 23.5 Å². The molecule has 0 bridgehead atoms. The molecule has 0 radical (unpaired) electrons. The van der Waals surface area contributed by atoms with Crippen LogP contribution in [0.1, 0.15) is 22.9 Å². The molecule has 5 rings (SSSR count). The lowest BCUT2D eigenvalue weighted by Gasteiger charge is -2.18. The summed E-state index contributed by atoms with van der Waals surface area (Å²) >= 11 is 0. The molecule has 0 N–H and O–H groups in total. The highest BCUT2D eigenvalue weighted by molar-refractivity contribution is 5.78. The summed E-state index contributed by atoms with van der Waals surface area (Å²) in [5, 5.41) is 8.00. The number of alkyl halides is 3. The fraction of sp³-hybridized carbons (Fsp3) is 0.148. The standard InChI is InChI=1S/C27H18F5N5O2/c1-14-6-7-15(17(12-14)27(30,31)32)19-8-9-21(36-35-19)24(26(38)39-2)37-11-10-20-22(13-37)34-25(33-20)16-4-3-5-18(28)23(16)29/h3-13,24H,1-2H3. The van der Waals surface area contributed by atoms with Gasteiger partial charge < -0.3 is 9.30 Å². The van der Waals surface area contributed by atoms with Crippen molar-refractivity contribution in [2.45, 2.75) is 19.1 Å². The number of imidazole rings is 1. The summed E-state index contributed by atoms with van der Waals surface area (Å²) in [6.45, 7) is 1.55. The van der Waals surface area contributed by atoms with Crippen molar-refractivity contribution in [3.05, 3.63) is 95.4 Å². The molecule has 12 heteroatoms. The molecule has 1 unspecified atom stereocenters. The van der Waals surface area contributed by atoms with E-state index in [1.54, 1.807) is 6.92 Å². The van der Waals surface area contributed by atoms with E-state index in [1.165, 1.54) is 66.5 Å². The zero-order valence-electron chi connectivity index (χ0n) is 20.4.